The highest BCUT2D eigenvalue weighted by Crippen LogP contribution is 2.62. The molecule has 1 aromatic heterocycles. The highest BCUT2D eigenvalue weighted by atomic mass is 15.2. The monoisotopic (exact) mass is 1200 g/mol. The van der Waals surface area contributed by atoms with Crippen LogP contribution in [0.3, 0.4) is 0 Å². The molecule has 2 aliphatic carbocycles. The molecule has 0 amide bonds. The first-order chi connectivity index (χ1) is 46.6. The average molecular weight is 1200 g/mol. The maximum atomic E-state index is 6.32. The maximum Gasteiger partial charge on any atom is 0.0941 e. The molecule has 0 aliphatic heterocycles. The lowest BCUT2D eigenvalue weighted by Gasteiger charge is -2.35. The van der Waals surface area contributed by atoms with Crippen LogP contribution in [0.25, 0.3) is 67.0 Å². The molecule has 0 bridgehead atoms. The molecule has 0 unspecified atom stereocenters. The van der Waals surface area contributed by atoms with Gasteiger partial charge in [0.25, 0.3) is 0 Å². The number of benzene rings is 14. The lowest BCUT2D eigenvalue weighted by atomic mass is 9.69. The van der Waals surface area contributed by atoms with E-state index < -0.39 is 10.8 Å². The predicted molar refractivity (Wildman–Crippen MR) is 388 cm³/mol. The van der Waals surface area contributed by atoms with Crippen LogP contribution < -0.4 is 9.80 Å². The van der Waals surface area contributed by atoms with Gasteiger partial charge in [-0.15, -0.1) is 0 Å². The summed E-state index contributed by atoms with van der Waals surface area (Å²) in [7, 11) is 0. The summed E-state index contributed by atoms with van der Waals surface area (Å²) < 4.78 is 0. The number of hydrogen-bond donors (Lipinski definition) is 0. The van der Waals surface area contributed by atoms with Crippen molar-refractivity contribution in [2.45, 2.75) is 10.8 Å². The minimum atomic E-state index is -0.929. The van der Waals surface area contributed by atoms with Crippen LogP contribution in [0.4, 0.5) is 34.1 Å². The van der Waals surface area contributed by atoms with E-state index in [1.165, 1.54) is 11.1 Å². The molecule has 4 heteroatoms. The fourth-order valence-electron chi connectivity index (χ4n) is 15.0. The standard InChI is InChI=1S/C90H62N4/c1-11-31-63(32-12-1)67-51-57-83(79(59-67)65-35-15-3-16-36-65)93(73-47-27-9-28-48-73)75-53-55-77-81(61-75)89(69-39-19-5-20-40-69,70-41-21-6-22-42-70)87-85(77)91-88-86(92-87)78-56-54-76(62-82(78)90(88,71-43-23-7-24-44-71)72-45-25-8-26-46-72)94(74-49-29-10-30-50-74)84-58-52-68(64-33-13-2-14-34-64)60-80(84)66-37-17-4-18-38-66/h1-62H. The van der Waals surface area contributed by atoms with E-state index in [0.29, 0.717) is 0 Å². The second-order valence-electron chi connectivity index (χ2n) is 24.3. The van der Waals surface area contributed by atoms with E-state index in [1.807, 2.05) is 0 Å². The molecule has 14 aromatic carbocycles. The Bertz CT molecular complexity index is 4800. The molecule has 0 spiro atoms. The van der Waals surface area contributed by atoms with Crippen molar-refractivity contribution in [3.05, 3.63) is 421 Å². The fraction of sp³-hybridized carbons (Fsp3) is 0.0222. The van der Waals surface area contributed by atoms with Crippen LogP contribution in [-0.4, -0.2) is 9.97 Å². The van der Waals surface area contributed by atoms with E-state index in [9.17, 15) is 0 Å². The van der Waals surface area contributed by atoms with Crippen molar-refractivity contribution in [2.24, 2.45) is 0 Å². The SMILES string of the molecule is c1ccc(-c2ccc(N(c3ccccc3)c3ccc4c(c3)C(c3ccccc3)(c3ccccc3)c3nc5c(nc3-4)C(c3ccccc3)(c3ccccc3)c3cc(N(c4ccccc4)c4ccc(-c6ccccc6)cc4-c4ccccc4)ccc3-5)c(-c3ccccc3)c2)cc1. The van der Waals surface area contributed by atoms with Gasteiger partial charge in [0.2, 0.25) is 0 Å². The summed E-state index contributed by atoms with van der Waals surface area (Å²) in [4.78, 5) is 17.5. The molecule has 0 saturated carbocycles. The Morgan fingerprint density at radius 2 is 0.479 bits per heavy atom. The van der Waals surface area contributed by atoms with Gasteiger partial charge in [-0.1, -0.05) is 303 Å². The molecule has 15 aromatic rings. The van der Waals surface area contributed by atoms with Crippen LogP contribution in [0.5, 0.6) is 0 Å². The third-order valence-corrected chi connectivity index (χ3v) is 19.2. The van der Waals surface area contributed by atoms with Gasteiger partial charge in [-0.3, -0.25) is 0 Å². The van der Waals surface area contributed by atoms with Gasteiger partial charge in [-0.25, -0.2) is 9.97 Å². The molecule has 0 saturated heterocycles. The molecule has 0 fully saturated rings. The summed E-state index contributed by atoms with van der Waals surface area (Å²) >= 11 is 0. The molecular weight excluding hydrogens is 1140 g/mol. The van der Waals surface area contributed by atoms with Crippen LogP contribution in [-0.2, 0) is 10.8 Å². The van der Waals surface area contributed by atoms with E-state index in [1.54, 1.807) is 0 Å². The zero-order valence-corrected chi connectivity index (χ0v) is 51.6. The number of aromatic nitrogens is 2. The predicted octanol–water partition coefficient (Wildman–Crippen LogP) is 22.8. The van der Waals surface area contributed by atoms with Crippen molar-refractivity contribution in [3.8, 4) is 67.0 Å². The Morgan fingerprint density at radius 3 is 0.787 bits per heavy atom. The molecule has 17 rings (SSSR count). The van der Waals surface area contributed by atoms with Crippen LogP contribution in [0.2, 0.25) is 0 Å². The molecule has 0 atom stereocenters. The van der Waals surface area contributed by atoms with Crippen LogP contribution in [0, 0.1) is 0 Å². The normalized spacial score (nSPS) is 12.9. The van der Waals surface area contributed by atoms with Crippen molar-refractivity contribution >= 4 is 34.1 Å². The van der Waals surface area contributed by atoms with E-state index in [4.69, 9.17) is 9.97 Å². The minimum Gasteiger partial charge on any atom is -0.310 e. The summed E-state index contributed by atoms with van der Waals surface area (Å²) in [6, 6.07) is 137. The molecule has 4 nitrogen and oxygen atoms in total. The largest absolute Gasteiger partial charge is 0.310 e. The maximum absolute atomic E-state index is 6.32. The lowest BCUT2D eigenvalue weighted by molar-refractivity contribution is 0.713. The first-order valence-electron chi connectivity index (χ1n) is 32.3. The molecule has 94 heavy (non-hydrogen) atoms. The van der Waals surface area contributed by atoms with E-state index in [0.717, 1.165) is 135 Å². The van der Waals surface area contributed by atoms with Gasteiger partial charge in [-0.05, 0) is 140 Å². The minimum absolute atomic E-state index is 0.859. The van der Waals surface area contributed by atoms with E-state index in [2.05, 4.69) is 386 Å². The van der Waals surface area contributed by atoms with Gasteiger partial charge in [0.05, 0.1) is 45.0 Å². The molecule has 1 heterocycles. The fourth-order valence-corrected chi connectivity index (χ4v) is 15.0. The molecular formula is C90H62N4. The molecule has 0 N–H and O–H groups in total. The first-order valence-corrected chi connectivity index (χ1v) is 32.3. The van der Waals surface area contributed by atoms with Gasteiger partial charge in [0.1, 0.15) is 0 Å². The third kappa shape index (κ3) is 9.21. The number of rotatable bonds is 14. The van der Waals surface area contributed by atoms with Gasteiger partial charge < -0.3 is 9.80 Å². The highest BCUT2D eigenvalue weighted by molar-refractivity contribution is 5.96. The Kier molecular flexibility index (Phi) is 14.0. The summed E-state index contributed by atoms with van der Waals surface area (Å²) in [5, 5.41) is 0. The van der Waals surface area contributed by atoms with Crippen molar-refractivity contribution in [1.29, 1.82) is 0 Å². The number of anilines is 6. The van der Waals surface area contributed by atoms with Crippen LogP contribution in [0.15, 0.2) is 376 Å². The quantitative estimate of drug-likeness (QED) is 0.109. The molecule has 0 radical (unpaired) electrons. The number of para-hydroxylation sites is 2. The second kappa shape index (κ2) is 23.5. The summed E-state index contributed by atoms with van der Waals surface area (Å²) in [5.74, 6) is 0. The summed E-state index contributed by atoms with van der Waals surface area (Å²) in [6.45, 7) is 0. The van der Waals surface area contributed by atoms with Crippen molar-refractivity contribution in [2.75, 3.05) is 9.80 Å². The van der Waals surface area contributed by atoms with Gasteiger partial charge in [-0.2, -0.15) is 0 Å². The summed E-state index contributed by atoms with van der Waals surface area (Å²) in [6.07, 6.45) is 0. The smallest absolute Gasteiger partial charge is 0.0941 e. The Hall–Kier alpha value is -12.2. The Balaban J connectivity index is 0.929. The zero-order valence-electron chi connectivity index (χ0n) is 51.6. The van der Waals surface area contributed by atoms with Crippen molar-refractivity contribution in [3.63, 3.8) is 0 Å². The Labute approximate surface area is 549 Å². The lowest BCUT2D eigenvalue weighted by Crippen LogP contribution is -2.32. The van der Waals surface area contributed by atoms with Crippen molar-refractivity contribution < 1.29 is 0 Å². The van der Waals surface area contributed by atoms with Crippen molar-refractivity contribution in [1.82, 2.24) is 9.97 Å². The molecule has 2 aliphatic rings. The third-order valence-electron chi connectivity index (χ3n) is 19.2. The van der Waals surface area contributed by atoms with Gasteiger partial charge in [0.15, 0.2) is 0 Å². The topological polar surface area (TPSA) is 32.3 Å². The van der Waals surface area contributed by atoms with Gasteiger partial charge in [0, 0.05) is 45.0 Å². The number of hydrogen-bond acceptors (Lipinski definition) is 4. The second-order valence-corrected chi connectivity index (χ2v) is 24.3. The van der Waals surface area contributed by atoms with E-state index in [-0.39, 0.29) is 0 Å². The average Bonchev–Trinajstić information content (AvgIpc) is 1.51. The highest BCUT2D eigenvalue weighted by Gasteiger charge is 2.54. The van der Waals surface area contributed by atoms with Gasteiger partial charge >= 0.3 is 0 Å². The number of nitrogens with zero attached hydrogens (tertiary/aromatic N) is 4. The zero-order chi connectivity index (χ0) is 62.4. The van der Waals surface area contributed by atoms with Crippen LogP contribution in [0.1, 0.15) is 44.8 Å². The first kappa shape index (κ1) is 55.8. The summed E-state index contributed by atoms with van der Waals surface area (Å²) in [5.41, 5.74) is 25.7. The van der Waals surface area contributed by atoms with E-state index >= 15 is 0 Å². The van der Waals surface area contributed by atoms with Crippen LogP contribution >= 0.6 is 0 Å². The Morgan fingerprint density at radius 1 is 0.202 bits per heavy atom. The number of fused-ring (bicyclic) bond motifs is 6. The molecule has 442 valence electrons.